The first kappa shape index (κ1) is 31.6. The van der Waals surface area contributed by atoms with Crippen LogP contribution in [0.25, 0.3) is 17.0 Å². The fraction of sp³-hybridized carbons (Fsp3) is 0.273. The second-order valence-electron chi connectivity index (χ2n) is 10.9. The number of likely N-dealkylation sites (tertiary alicyclic amines) is 1. The number of fused-ring (bicyclic) bond motifs is 1. The number of aromatic amines is 1. The van der Waals surface area contributed by atoms with Gasteiger partial charge in [0.05, 0.1) is 23.1 Å². The third-order valence-corrected chi connectivity index (χ3v) is 9.09. The number of halogens is 6. The number of thioether (sulfide) groups is 1. The summed E-state index contributed by atoms with van der Waals surface area (Å²) in [7, 11) is 1.34. The third kappa shape index (κ3) is 6.60. The Balaban J connectivity index is 1.11. The Hall–Kier alpha value is -4.39. The summed E-state index contributed by atoms with van der Waals surface area (Å²) in [6, 6.07) is 14.2. The van der Waals surface area contributed by atoms with Crippen molar-refractivity contribution in [2.45, 2.75) is 37.7 Å². The molecule has 0 atom stereocenters. The fourth-order valence-corrected chi connectivity index (χ4v) is 6.65. The lowest BCUT2D eigenvalue weighted by atomic mass is 9.89. The molecule has 6 nitrogen and oxygen atoms in total. The van der Waals surface area contributed by atoms with Crippen LogP contribution in [0.3, 0.4) is 0 Å². The Morgan fingerprint density at radius 2 is 1.74 bits per heavy atom. The van der Waals surface area contributed by atoms with Crippen molar-refractivity contribution in [2.75, 3.05) is 20.2 Å². The molecule has 1 N–H and O–H groups in total. The molecule has 0 radical (unpaired) electrons. The van der Waals surface area contributed by atoms with Gasteiger partial charge in [-0.2, -0.15) is 31.3 Å². The molecule has 4 aromatic rings. The number of nitrogens with one attached hydrogen (secondary N) is 1. The molecule has 0 saturated carbocycles. The normalized spacial score (nSPS) is 17.2. The average molecular weight is 660 g/mol. The van der Waals surface area contributed by atoms with Gasteiger partial charge >= 0.3 is 12.4 Å². The number of carbonyl (C=O) groups is 1. The molecule has 0 aliphatic carbocycles. The van der Waals surface area contributed by atoms with E-state index >= 15 is 0 Å². The number of methoxy groups -OCH3 is 1. The van der Waals surface area contributed by atoms with Crippen molar-refractivity contribution in [3.8, 4) is 11.5 Å². The van der Waals surface area contributed by atoms with Crippen LogP contribution in [-0.4, -0.2) is 41.2 Å². The topological polar surface area (TPSA) is 66.9 Å². The molecular formula is C33H27F6N3O3S. The summed E-state index contributed by atoms with van der Waals surface area (Å²) in [6.45, 7) is 0.864. The van der Waals surface area contributed by atoms with E-state index < -0.39 is 35.6 Å². The van der Waals surface area contributed by atoms with Crippen LogP contribution >= 0.6 is 11.8 Å². The minimum atomic E-state index is -5.01. The van der Waals surface area contributed by atoms with E-state index in [9.17, 15) is 31.1 Å². The fourth-order valence-electron chi connectivity index (χ4n) is 5.69. The standard InChI is InChI=1S/C33H27F6N3O3S/c1-44-28-14-19(6-9-27(28)45-18-21-7-8-22(32(34,35)36)16-25(21)33(37,38)39)15-29-30(43)41-31(46-29)42-12-10-20(11-13-42)24-17-40-26-5-3-2-4-23(24)26/h2-9,14-17,20,40H,10-13,18H2,1H3/b29-15-. The van der Waals surface area contributed by atoms with Gasteiger partial charge in [0.1, 0.15) is 6.61 Å². The quantitative estimate of drug-likeness (QED) is 0.166. The van der Waals surface area contributed by atoms with Crippen LogP contribution in [0.2, 0.25) is 0 Å². The molecule has 46 heavy (non-hydrogen) atoms. The first-order chi connectivity index (χ1) is 21.9. The number of benzene rings is 3. The highest BCUT2D eigenvalue weighted by atomic mass is 32.2. The lowest BCUT2D eigenvalue weighted by Crippen LogP contribution is -2.35. The Labute approximate surface area is 264 Å². The maximum absolute atomic E-state index is 13.5. The van der Waals surface area contributed by atoms with Gasteiger partial charge in [0.2, 0.25) is 0 Å². The molecule has 2 aliphatic rings. The van der Waals surface area contributed by atoms with Crippen LogP contribution in [0.1, 0.15) is 46.6 Å². The Morgan fingerprint density at radius 3 is 2.46 bits per heavy atom. The number of ether oxygens (including phenoxy) is 2. The van der Waals surface area contributed by atoms with Crippen LogP contribution in [0.4, 0.5) is 26.3 Å². The van der Waals surface area contributed by atoms with Crippen molar-refractivity contribution in [3.05, 3.63) is 99.6 Å². The predicted molar refractivity (Wildman–Crippen MR) is 164 cm³/mol. The lowest BCUT2D eigenvalue weighted by molar-refractivity contribution is -0.143. The molecule has 1 aromatic heterocycles. The van der Waals surface area contributed by atoms with Gasteiger partial charge in [-0.3, -0.25) is 4.79 Å². The summed E-state index contributed by atoms with van der Waals surface area (Å²) < 4.78 is 90.6. The summed E-state index contributed by atoms with van der Waals surface area (Å²) in [4.78, 5) is 22.9. The summed E-state index contributed by atoms with van der Waals surface area (Å²) in [6.07, 6.45) is -4.37. The molecule has 1 fully saturated rings. The number of aliphatic imine (C=N–C) groups is 1. The summed E-state index contributed by atoms with van der Waals surface area (Å²) in [5, 5.41) is 1.86. The zero-order valence-corrected chi connectivity index (χ0v) is 25.2. The number of hydrogen-bond donors (Lipinski definition) is 1. The molecule has 1 amide bonds. The van der Waals surface area contributed by atoms with Crippen molar-refractivity contribution < 1.29 is 40.6 Å². The van der Waals surface area contributed by atoms with Crippen LogP contribution < -0.4 is 9.47 Å². The molecule has 6 rings (SSSR count). The molecule has 2 aliphatic heterocycles. The zero-order valence-electron chi connectivity index (χ0n) is 24.3. The van der Waals surface area contributed by atoms with E-state index in [0.29, 0.717) is 27.6 Å². The number of rotatable bonds is 6. The molecule has 13 heteroatoms. The summed E-state index contributed by atoms with van der Waals surface area (Å²) >= 11 is 1.28. The first-order valence-electron chi connectivity index (χ1n) is 14.3. The van der Waals surface area contributed by atoms with Crippen LogP contribution in [-0.2, 0) is 23.8 Å². The van der Waals surface area contributed by atoms with Crippen LogP contribution in [0.15, 0.2) is 76.8 Å². The molecule has 3 aromatic carbocycles. The third-order valence-electron chi connectivity index (χ3n) is 8.05. The molecular weight excluding hydrogens is 632 g/mol. The number of aromatic nitrogens is 1. The number of amidine groups is 1. The van der Waals surface area contributed by atoms with E-state index in [4.69, 9.17) is 9.47 Å². The van der Waals surface area contributed by atoms with Gasteiger partial charge in [-0.1, -0.05) is 30.3 Å². The Bertz CT molecular complexity index is 1840. The smallest absolute Gasteiger partial charge is 0.416 e. The maximum atomic E-state index is 13.5. The number of H-pyrrole nitrogens is 1. The minimum Gasteiger partial charge on any atom is -0.493 e. The lowest BCUT2D eigenvalue weighted by Gasteiger charge is -2.32. The number of hydrogen-bond acceptors (Lipinski definition) is 5. The second kappa shape index (κ2) is 12.4. The number of para-hydroxylation sites is 1. The van der Waals surface area contributed by atoms with Gasteiger partial charge in [-0.05, 0) is 78.1 Å². The SMILES string of the molecule is COc1cc(/C=C2\SC(N3CCC(c4c[nH]c5ccccc45)CC3)=NC2=O)ccc1OCc1ccc(C(F)(F)F)cc1C(F)(F)F. The number of alkyl halides is 6. The van der Waals surface area contributed by atoms with Crippen molar-refractivity contribution in [2.24, 2.45) is 4.99 Å². The number of piperidine rings is 1. The molecule has 3 heterocycles. The van der Waals surface area contributed by atoms with Gasteiger partial charge < -0.3 is 19.4 Å². The van der Waals surface area contributed by atoms with E-state index in [1.807, 2.05) is 12.1 Å². The molecule has 1 saturated heterocycles. The Morgan fingerprint density at radius 1 is 0.978 bits per heavy atom. The minimum absolute atomic E-state index is 0.0732. The van der Waals surface area contributed by atoms with Crippen LogP contribution in [0, 0.1) is 0 Å². The van der Waals surface area contributed by atoms with Gasteiger partial charge in [-0.25, -0.2) is 0 Å². The second-order valence-corrected chi connectivity index (χ2v) is 11.9. The number of carbonyl (C=O) groups excluding carboxylic acids is 1. The predicted octanol–water partition coefficient (Wildman–Crippen LogP) is 8.64. The first-order valence-corrected chi connectivity index (χ1v) is 15.1. The van der Waals surface area contributed by atoms with Gasteiger partial charge in [-0.15, -0.1) is 0 Å². The molecule has 0 bridgehead atoms. The van der Waals surface area contributed by atoms with E-state index in [0.717, 1.165) is 37.5 Å². The van der Waals surface area contributed by atoms with Crippen molar-refractivity contribution in [1.29, 1.82) is 0 Å². The Kier molecular flexibility index (Phi) is 8.53. The van der Waals surface area contributed by atoms with Gasteiger partial charge in [0.15, 0.2) is 16.7 Å². The van der Waals surface area contributed by atoms with Crippen molar-refractivity contribution in [3.63, 3.8) is 0 Å². The molecule has 0 unspecified atom stereocenters. The monoisotopic (exact) mass is 659 g/mol. The number of amides is 1. The van der Waals surface area contributed by atoms with Gasteiger partial charge in [0, 0.05) is 35.8 Å². The highest BCUT2D eigenvalue weighted by Gasteiger charge is 2.38. The number of nitrogens with zero attached hydrogens (tertiary/aromatic N) is 2. The largest absolute Gasteiger partial charge is 0.493 e. The van der Waals surface area contributed by atoms with E-state index in [-0.39, 0.29) is 23.5 Å². The molecule has 240 valence electrons. The van der Waals surface area contributed by atoms with Crippen LogP contribution in [0.5, 0.6) is 11.5 Å². The average Bonchev–Trinajstić information content (AvgIpc) is 3.62. The summed E-state index contributed by atoms with van der Waals surface area (Å²) in [5.74, 6) is 0.279. The van der Waals surface area contributed by atoms with E-state index in [2.05, 4.69) is 33.2 Å². The highest BCUT2D eigenvalue weighted by molar-refractivity contribution is 8.18. The zero-order chi connectivity index (χ0) is 32.6. The van der Waals surface area contributed by atoms with Gasteiger partial charge in [0.25, 0.3) is 5.91 Å². The molecule has 0 spiro atoms. The van der Waals surface area contributed by atoms with Crippen molar-refractivity contribution >= 4 is 39.8 Å². The maximum Gasteiger partial charge on any atom is 0.416 e. The highest BCUT2D eigenvalue weighted by Crippen LogP contribution is 2.40. The van der Waals surface area contributed by atoms with E-state index in [1.165, 1.54) is 35.9 Å². The van der Waals surface area contributed by atoms with Crippen molar-refractivity contribution in [1.82, 2.24) is 9.88 Å². The summed E-state index contributed by atoms with van der Waals surface area (Å²) in [5.41, 5.74) is -0.314. The van der Waals surface area contributed by atoms with E-state index in [1.54, 1.807) is 18.2 Å².